The van der Waals surface area contributed by atoms with Crippen molar-refractivity contribution in [3.8, 4) is 11.4 Å². The molecule has 0 saturated carbocycles. The number of H-pyrrole nitrogens is 1. The lowest BCUT2D eigenvalue weighted by molar-refractivity contribution is -0.137. The van der Waals surface area contributed by atoms with E-state index in [2.05, 4.69) is 25.3 Å². The van der Waals surface area contributed by atoms with Crippen molar-refractivity contribution in [2.24, 2.45) is 0 Å². The van der Waals surface area contributed by atoms with Gasteiger partial charge in [0.2, 0.25) is 5.56 Å². The Bertz CT molecular complexity index is 1510. The molecule has 1 fully saturated rings. The van der Waals surface area contributed by atoms with E-state index in [1.54, 1.807) is 11.4 Å². The Morgan fingerprint density at radius 3 is 2.77 bits per heavy atom. The average Bonchev–Trinajstić information content (AvgIpc) is 3.43. The molecule has 0 unspecified atom stereocenters. The van der Waals surface area contributed by atoms with Crippen LogP contribution in [-0.2, 0) is 16.1 Å². The predicted molar refractivity (Wildman–Crippen MR) is 125 cm³/mol. The van der Waals surface area contributed by atoms with Gasteiger partial charge in [0.25, 0.3) is 5.91 Å². The molecule has 0 spiro atoms. The number of rotatable bonds is 6. The molecule has 1 amide bonds. The molecule has 1 aromatic carbocycles. The second kappa shape index (κ2) is 9.25. The van der Waals surface area contributed by atoms with Crippen molar-refractivity contribution in [3.05, 3.63) is 70.9 Å². The van der Waals surface area contributed by atoms with Crippen LogP contribution < -0.4 is 16.2 Å². The Morgan fingerprint density at radius 1 is 1.20 bits per heavy atom. The zero-order valence-corrected chi connectivity index (χ0v) is 18.1. The van der Waals surface area contributed by atoms with Gasteiger partial charge in [-0.15, -0.1) is 0 Å². The molecule has 1 saturated heterocycles. The minimum atomic E-state index is -2.80. The Balaban J connectivity index is 1.54. The van der Waals surface area contributed by atoms with Crippen molar-refractivity contribution < 1.29 is 23.9 Å². The standard InChI is InChI=1S/C23H23N7O5/c1-24-22(34)18-16(32)17(33)23(35-18)30-11-27-15-20(26-9-12-5-3-2-4-6-12)28-19(29-21(15)30)13-7-8-14(31)25-10-13/h2-8,10-11,16-18,23,32-33H,9H2,1H3,(H,24,34)(H,25,31)(H,26,28,29)/t16-,17+,18-,23+/m0/s1/i1D3. The van der Waals surface area contributed by atoms with E-state index in [-0.39, 0.29) is 17.0 Å². The number of aromatic amines is 1. The van der Waals surface area contributed by atoms with Crippen molar-refractivity contribution in [3.63, 3.8) is 0 Å². The molecule has 0 radical (unpaired) electrons. The van der Waals surface area contributed by atoms with Crippen LogP contribution in [0.15, 0.2) is 59.8 Å². The van der Waals surface area contributed by atoms with Crippen LogP contribution in [-0.4, -0.2) is 65.9 Å². The third-order valence-corrected chi connectivity index (χ3v) is 5.66. The average molecular weight is 480 g/mol. The van der Waals surface area contributed by atoms with E-state index in [0.717, 1.165) is 5.56 Å². The molecule has 35 heavy (non-hydrogen) atoms. The van der Waals surface area contributed by atoms with Crippen molar-refractivity contribution in [1.82, 2.24) is 29.8 Å². The highest BCUT2D eigenvalue weighted by Gasteiger charge is 2.47. The van der Waals surface area contributed by atoms with E-state index in [4.69, 9.17) is 8.85 Å². The van der Waals surface area contributed by atoms with Gasteiger partial charge in [0.05, 0.1) is 6.33 Å². The zero-order chi connectivity index (χ0) is 27.0. The van der Waals surface area contributed by atoms with E-state index < -0.39 is 37.4 Å². The molecule has 5 rings (SSSR count). The lowest BCUT2D eigenvalue weighted by atomic mass is 10.1. The summed E-state index contributed by atoms with van der Waals surface area (Å²) < 4.78 is 28.6. The van der Waals surface area contributed by atoms with Gasteiger partial charge in [0.1, 0.15) is 12.2 Å². The molecule has 0 bridgehead atoms. The van der Waals surface area contributed by atoms with Gasteiger partial charge in [-0.1, -0.05) is 30.3 Å². The molecule has 4 aromatic rings. The third kappa shape index (κ3) is 4.25. The van der Waals surface area contributed by atoms with Crippen LogP contribution in [0.25, 0.3) is 22.6 Å². The molecule has 1 aliphatic rings. The number of pyridine rings is 1. The fourth-order valence-electron chi connectivity index (χ4n) is 3.86. The minimum Gasteiger partial charge on any atom is -0.387 e. The fourth-order valence-corrected chi connectivity index (χ4v) is 3.86. The smallest absolute Gasteiger partial charge is 0.251 e. The zero-order valence-electron chi connectivity index (χ0n) is 21.1. The van der Waals surface area contributed by atoms with Gasteiger partial charge >= 0.3 is 0 Å². The molecule has 1 aliphatic heterocycles. The van der Waals surface area contributed by atoms with Gasteiger partial charge in [0.15, 0.2) is 35.1 Å². The highest BCUT2D eigenvalue weighted by molar-refractivity contribution is 5.85. The summed E-state index contributed by atoms with van der Waals surface area (Å²) in [5, 5.41) is 26.2. The van der Waals surface area contributed by atoms with Crippen LogP contribution in [0.2, 0.25) is 0 Å². The Morgan fingerprint density at radius 2 is 2.03 bits per heavy atom. The molecule has 12 nitrogen and oxygen atoms in total. The van der Waals surface area contributed by atoms with Crippen LogP contribution in [0.1, 0.15) is 15.9 Å². The topological polar surface area (TPSA) is 167 Å². The van der Waals surface area contributed by atoms with Gasteiger partial charge in [-0.2, -0.15) is 0 Å². The van der Waals surface area contributed by atoms with Crippen LogP contribution in [0, 0.1) is 0 Å². The minimum absolute atomic E-state index is 0.199. The summed E-state index contributed by atoms with van der Waals surface area (Å²) in [4.78, 5) is 40.0. The first-order valence-corrected chi connectivity index (χ1v) is 10.7. The molecule has 4 heterocycles. The van der Waals surface area contributed by atoms with Crippen molar-refractivity contribution in [1.29, 1.82) is 0 Å². The Labute approximate surface area is 202 Å². The van der Waals surface area contributed by atoms with Gasteiger partial charge < -0.3 is 30.6 Å². The van der Waals surface area contributed by atoms with Crippen molar-refractivity contribution >= 4 is 22.9 Å². The number of imidazole rings is 1. The number of carbonyl (C=O) groups is 1. The number of fused-ring (bicyclic) bond motifs is 1. The number of amides is 1. The Kier molecular flexibility index (Phi) is 5.08. The largest absolute Gasteiger partial charge is 0.387 e. The molecular formula is C23H23N7O5. The van der Waals surface area contributed by atoms with Gasteiger partial charge in [0, 0.05) is 35.5 Å². The SMILES string of the molecule is [2H]C([2H])([2H])NC(=O)[C@H]1O[C@@H](n2cnc3c(NCc4ccccc4)nc(-c4ccc(=O)[nH]c4)nc32)[C@H](O)[C@@H]1O. The number of benzene rings is 1. The second-order valence-corrected chi connectivity index (χ2v) is 7.92. The number of nitrogens with one attached hydrogen (secondary N) is 3. The maximum atomic E-state index is 12.4. The van der Waals surface area contributed by atoms with Crippen LogP contribution in [0.3, 0.4) is 0 Å². The van der Waals surface area contributed by atoms with E-state index in [1.165, 1.54) is 23.2 Å². The molecule has 180 valence electrons. The summed E-state index contributed by atoms with van der Waals surface area (Å²) in [6.07, 6.45) is -3.52. The number of anilines is 1. The van der Waals surface area contributed by atoms with Crippen molar-refractivity contribution in [2.75, 3.05) is 12.3 Å². The van der Waals surface area contributed by atoms with E-state index in [1.807, 2.05) is 30.3 Å². The molecule has 0 aliphatic carbocycles. The normalized spacial score (nSPS) is 23.4. The maximum Gasteiger partial charge on any atom is 0.251 e. The highest BCUT2D eigenvalue weighted by Crippen LogP contribution is 2.33. The summed E-state index contributed by atoms with van der Waals surface area (Å²) >= 11 is 0. The number of aliphatic hydroxyl groups excluding tert-OH is 2. The lowest BCUT2D eigenvalue weighted by Gasteiger charge is -2.17. The molecule has 3 aromatic heterocycles. The quantitative estimate of drug-likeness (QED) is 0.258. The number of hydrogen-bond acceptors (Lipinski definition) is 9. The first-order chi connectivity index (χ1) is 18.1. The van der Waals surface area contributed by atoms with Gasteiger partial charge in [-0.05, 0) is 11.6 Å². The summed E-state index contributed by atoms with van der Waals surface area (Å²) in [5.41, 5.74) is 1.68. The van der Waals surface area contributed by atoms with Crippen LogP contribution >= 0.6 is 0 Å². The number of likely N-dealkylation sites (N-methyl/N-ethyl adjacent to an activating group) is 1. The number of ether oxygens (including phenoxy) is 1. The first kappa shape index (κ1) is 19.2. The first-order valence-electron chi connectivity index (χ1n) is 12.2. The number of aliphatic hydroxyl groups is 2. The number of hydrogen-bond donors (Lipinski definition) is 5. The number of nitrogens with zero attached hydrogens (tertiary/aromatic N) is 4. The molecular weight excluding hydrogens is 454 g/mol. The third-order valence-electron chi connectivity index (χ3n) is 5.66. The van der Waals surface area contributed by atoms with Crippen molar-refractivity contribution in [2.45, 2.75) is 31.1 Å². The molecule has 5 N–H and O–H groups in total. The number of aromatic nitrogens is 5. The predicted octanol–water partition coefficient (Wildman–Crippen LogP) is 0.159. The lowest BCUT2D eigenvalue weighted by Crippen LogP contribution is -2.41. The molecule has 12 heteroatoms. The number of carbonyl (C=O) groups excluding carboxylic acids is 1. The van der Waals surface area contributed by atoms with Gasteiger partial charge in [-0.25, -0.2) is 15.0 Å². The van der Waals surface area contributed by atoms with E-state index >= 15 is 0 Å². The summed E-state index contributed by atoms with van der Waals surface area (Å²) in [7, 11) is 0. The fraction of sp³-hybridized carbons (Fsp3) is 0.261. The highest BCUT2D eigenvalue weighted by atomic mass is 16.6. The van der Waals surface area contributed by atoms with Gasteiger partial charge in [-0.3, -0.25) is 14.2 Å². The summed E-state index contributed by atoms with van der Waals surface area (Å²) in [5.74, 6) is -0.531. The van der Waals surface area contributed by atoms with E-state index in [9.17, 15) is 19.8 Å². The van der Waals surface area contributed by atoms with Crippen LogP contribution in [0.4, 0.5) is 5.82 Å². The summed E-state index contributed by atoms with van der Waals surface area (Å²) in [6, 6.07) is 12.4. The second-order valence-electron chi connectivity index (χ2n) is 7.92. The van der Waals surface area contributed by atoms with Crippen LogP contribution in [0.5, 0.6) is 0 Å². The van der Waals surface area contributed by atoms with E-state index in [0.29, 0.717) is 23.4 Å². The monoisotopic (exact) mass is 480 g/mol. The summed E-state index contributed by atoms with van der Waals surface area (Å²) in [6.45, 7) is -2.40. The maximum absolute atomic E-state index is 12.4. The Hall–Kier alpha value is -4.13. The molecule has 4 atom stereocenters.